The number of hydrogen-bond acceptors (Lipinski definition) is 1. The first-order valence-electron chi connectivity index (χ1n) is 6.64. The molecule has 0 saturated carbocycles. The van der Waals surface area contributed by atoms with Crippen LogP contribution in [0.2, 0.25) is 0 Å². The van der Waals surface area contributed by atoms with Gasteiger partial charge in [-0.2, -0.15) is 0 Å². The molecule has 0 aromatic heterocycles. The Kier molecular flexibility index (Phi) is 11.5. The second kappa shape index (κ2) is 11.8. The lowest BCUT2D eigenvalue weighted by atomic mass is 10.1. The predicted molar refractivity (Wildman–Crippen MR) is 70.3 cm³/mol. The summed E-state index contributed by atoms with van der Waals surface area (Å²) >= 11 is 0. The van der Waals surface area contributed by atoms with Crippen molar-refractivity contribution < 1.29 is 0 Å². The number of rotatable bonds is 10. The van der Waals surface area contributed by atoms with Gasteiger partial charge in [-0.25, -0.2) is 0 Å². The Bertz CT molecular complexity index is 140. The summed E-state index contributed by atoms with van der Waals surface area (Å²) < 4.78 is 0. The Hall–Kier alpha value is -0.300. The molecule has 0 atom stereocenters. The second-order valence-corrected chi connectivity index (χ2v) is 4.41. The standard InChI is InChI=1S/C14H29N/c1-4-6-8-9-10-12-14-15(3)13-11-7-5-2/h7,11H,4-6,8-10,12-14H2,1-3H3/b11-7+. The zero-order valence-corrected chi connectivity index (χ0v) is 11.0. The summed E-state index contributed by atoms with van der Waals surface area (Å²) in [4.78, 5) is 2.41. The molecule has 0 aromatic rings. The van der Waals surface area contributed by atoms with E-state index in [2.05, 4.69) is 37.9 Å². The average molecular weight is 211 g/mol. The van der Waals surface area contributed by atoms with E-state index in [9.17, 15) is 0 Å². The van der Waals surface area contributed by atoms with E-state index in [1.165, 1.54) is 45.1 Å². The first-order valence-corrected chi connectivity index (χ1v) is 6.64. The number of allylic oxidation sites excluding steroid dienone is 1. The van der Waals surface area contributed by atoms with Crippen molar-refractivity contribution in [3.8, 4) is 0 Å². The molecule has 0 radical (unpaired) electrons. The van der Waals surface area contributed by atoms with Gasteiger partial charge >= 0.3 is 0 Å². The van der Waals surface area contributed by atoms with E-state index >= 15 is 0 Å². The number of likely N-dealkylation sites (N-methyl/N-ethyl adjacent to an activating group) is 1. The molecule has 0 aliphatic rings. The highest BCUT2D eigenvalue weighted by Crippen LogP contribution is 2.05. The summed E-state index contributed by atoms with van der Waals surface area (Å²) in [6.45, 7) is 6.82. The Balaban J connectivity index is 3.16. The third-order valence-electron chi connectivity index (χ3n) is 2.71. The van der Waals surface area contributed by atoms with Crippen LogP contribution < -0.4 is 0 Å². The fourth-order valence-electron chi connectivity index (χ4n) is 1.67. The maximum atomic E-state index is 2.41. The SMILES string of the molecule is CC/C=C/CN(C)CCCCCCCC. The van der Waals surface area contributed by atoms with Gasteiger partial charge in [-0.05, 0) is 26.4 Å². The van der Waals surface area contributed by atoms with E-state index in [0.717, 1.165) is 13.0 Å². The van der Waals surface area contributed by atoms with Gasteiger partial charge in [-0.1, -0.05) is 58.1 Å². The van der Waals surface area contributed by atoms with Gasteiger partial charge in [-0.15, -0.1) is 0 Å². The first kappa shape index (κ1) is 14.7. The van der Waals surface area contributed by atoms with Crippen molar-refractivity contribution in [2.45, 2.75) is 58.8 Å². The van der Waals surface area contributed by atoms with Crippen molar-refractivity contribution in [2.24, 2.45) is 0 Å². The molecule has 0 saturated heterocycles. The van der Waals surface area contributed by atoms with E-state index in [4.69, 9.17) is 0 Å². The predicted octanol–water partition coefficient (Wildman–Crippen LogP) is 4.24. The largest absolute Gasteiger partial charge is 0.303 e. The Morgan fingerprint density at radius 3 is 2.20 bits per heavy atom. The van der Waals surface area contributed by atoms with Gasteiger partial charge in [-0.3, -0.25) is 0 Å². The normalized spacial score (nSPS) is 11.7. The maximum Gasteiger partial charge on any atom is 0.0160 e. The molecule has 90 valence electrons. The van der Waals surface area contributed by atoms with Crippen molar-refractivity contribution in [2.75, 3.05) is 20.1 Å². The number of unbranched alkanes of at least 4 members (excludes halogenated alkanes) is 5. The summed E-state index contributed by atoms with van der Waals surface area (Å²) in [5.74, 6) is 0. The lowest BCUT2D eigenvalue weighted by Gasteiger charge is -2.13. The zero-order valence-electron chi connectivity index (χ0n) is 11.0. The average Bonchev–Trinajstić information content (AvgIpc) is 2.23. The van der Waals surface area contributed by atoms with Gasteiger partial charge in [0.2, 0.25) is 0 Å². The van der Waals surface area contributed by atoms with Gasteiger partial charge in [0.05, 0.1) is 0 Å². The summed E-state index contributed by atoms with van der Waals surface area (Å²) in [5.41, 5.74) is 0. The topological polar surface area (TPSA) is 3.24 Å². The summed E-state index contributed by atoms with van der Waals surface area (Å²) in [5, 5.41) is 0. The number of hydrogen-bond donors (Lipinski definition) is 0. The minimum absolute atomic E-state index is 1.11. The van der Waals surface area contributed by atoms with Crippen molar-refractivity contribution in [3.63, 3.8) is 0 Å². The minimum atomic E-state index is 1.11. The highest BCUT2D eigenvalue weighted by atomic mass is 15.1. The van der Waals surface area contributed by atoms with Crippen LogP contribution in [0.15, 0.2) is 12.2 Å². The smallest absolute Gasteiger partial charge is 0.0160 e. The summed E-state index contributed by atoms with van der Waals surface area (Å²) in [6.07, 6.45) is 14.1. The van der Waals surface area contributed by atoms with Crippen LogP contribution >= 0.6 is 0 Å². The molecule has 0 heterocycles. The molecular formula is C14H29N. The Morgan fingerprint density at radius 2 is 1.53 bits per heavy atom. The van der Waals surface area contributed by atoms with Crippen molar-refractivity contribution in [3.05, 3.63) is 12.2 Å². The summed E-state index contributed by atoms with van der Waals surface area (Å²) in [7, 11) is 2.21. The van der Waals surface area contributed by atoms with E-state index in [1.54, 1.807) is 0 Å². The van der Waals surface area contributed by atoms with Gasteiger partial charge in [0.15, 0.2) is 0 Å². The van der Waals surface area contributed by atoms with Crippen molar-refractivity contribution >= 4 is 0 Å². The third kappa shape index (κ3) is 11.6. The van der Waals surface area contributed by atoms with Gasteiger partial charge in [0, 0.05) is 6.54 Å². The highest BCUT2D eigenvalue weighted by molar-refractivity contribution is 4.82. The van der Waals surface area contributed by atoms with Crippen molar-refractivity contribution in [1.82, 2.24) is 4.90 Å². The van der Waals surface area contributed by atoms with Crippen LogP contribution in [-0.2, 0) is 0 Å². The van der Waals surface area contributed by atoms with Crippen LogP contribution in [-0.4, -0.2) is 25.0 Å². The van der Waals surface area contributed by atoms with E-state index < -0.39 is 0 Å². The fourth-order valence-corrected chi connectivity index (χ4v) is 1.67. The zero-order chi connectivity index (χ0) is 11.4. The van der Waals surface area contributed by atoms with Crippen molar-refractivity contribution in [1.29, 1.82) is 0 Å². The molecule has 0 rings (SSSR count). The van der Waals surface area contributed by atoms with E-state index in [1.807, 2.05) is 0 Å². The van der Waals surface area contributed by atoms with Crippen LogP contribution in [0, 0.1) is 0 Å². The molecule has 0 unspecified atom stereocenters. The van der Waals surface area contributed by atoms with Gasteiger partial charge < -0.3 is 4.90 Å². The summed E-state index contributed by atoms with van der Waals surface area (Å²) in [6, 6.07) is 0. The van der Waals surface area contributed by atoms with Crippen LogP contribution in [0.3, 0.4) is 0 Å². The number of nitrogens with zero attached hydrogens (tertiary/aromatic N) is 1. The maximum absolute atomic E-state index is 2.41. The van der Waals surface area contributed by atoms with Gasteiger partial charge in [0.1, 0.15) is 0 Å². The van der Waals surface area contributed by atoms with Gasteiger partial charge in [0.25, 0.3) is 0 Å². The van der Waals surface area contributed by atoms with Crippen LogP contribution in [0.25, 0.3) is 0 Å². The lowest BCUT2D eigenvalue weighted by Crippen LogP contribution is -2.19. The van der Waals surface area contributed by atoms with E-state index in [0.29, 0.717) is 0 Å². The molecule has 0 bridgehead atoms. The fraction of sp³-hybridized carbons (Fsp3) is 0.857. The van der Waals surface area contributed by atoms with Crippen LogP contribution in [0.1, 0.15) is 58.8 Å². The van der Waals surface area contributed by atoms with Crippen LogP contribution in [0.5, 0.6) is 0 Å². The first-order chi connectivity index (χ1) is 7.31. The molecule has 0 spiro atoms. The van der Waals surface area contributed by atoms with Crippen LogP contribution in [0.4, 0.5) is 0 Å². The third-order valence-corrected chi connectivity index (χ3v) is 2.71. The Morgan fingerprint density at radius 1 is 0.867 bits per heavy atom. The minimum Gasteiger partial charge on any atom is -0.303 e. The molecule has 0 fully saturated rings. The van der Waals surface area contributed by atoms with E-state index in [-0.39, 0.29) is 0 Å². The molecule has 0 aromatic carbocycles. The monoisotopic (exact) mass is 211 g/mol. The second-order valence-electron chi connectivity index (χ2n) is 4.41. The lowest BCUT2D eigenvalue weighted by molar-refractivity contribution is 0.356. The molecule has 15 heavy (non-hydrogen) atoms. The molecular weight excluding hydrogens is 182 g/mol. The molecule has 0 aliphatic carbocycles. The molecule has 1 nitrogen and oxygen atoms in total. The Labute approximate surface area is 96.6 Å². The molecule has 0 aliphatic heterocycles. The molecule has 1 heteroatoms. The highest BCUT2D eigenvalue weighted by Gasteiger charge is 1.95. The molecule has 0 N–H and O–H groups in total. The molecule has 0 amide bonds. The quantitative estimate of drug-likeness (QED) is 0.386.